The molecule has 3 aromatic rings. The number of hydrogen-bond donors (Lipinski definition) is 2. The second kappa shape index (κ2) is 4.96. The zero-order valence-electron chi connectivity index (χ0n) is 11.7. The fourth-order valence-corrected chi connectivity index (χ4v) is 3.05. The molecule has 0 aliphatic carbocycles. The standard InChI is InChI=1S/C15H12N4O2S/c1-8-14(20)19-11-6-9(2-3-12(11)21-8)18-13-10-4-5-22-15(10)17-7-16-13/h2-8H,1H3,(H,19,20)(H,16,17,18)/t8-/m1/s1. The van der Waals surface area contributed by atoms with E-state index in [1.165, 1.54) is 6.33 Å². The summed E-state index contributed by atoms with van der Waals surface area (Å²) in [5.74, 6) is 1.26. The fourth-order valence-electron chi connectivity index (χ4n) is 2.31. The smallest absolute Gasteiger partial charge is 0.265 e. The lowest BCUT2D eigenvalue weighted by molar-refractivity contribution is -0.122. The Kier molecular flexibility index (Phi) is 2.93. The van der Waals surface area contributed by atoms with E-state index in [0.29, 0.717) is 11.4 Å². The molecule has 0 bridgehead atoms. The maximum atomic E-state index is 11.7. The molecular weight excluding hydrogens is 300 g/mol. The Morgan fingerprint density at radius 3 is 3.14 bits per heavy atom. The third-order valence-electron chi connectivity index (χ3n) is 3.43. The van der Waals surface area contributed by atoms with Crippen LogP contribution in [0.5, 0.6) is 5.75 Å². The molecule has 4 rings (SSSR count). The second-order valence-corrected chi connectivity index (χ2v) is 5.84. The second-order valence-electron chi connectivity index (χ2n) is 4.95. The average molecular weight is 312 g/mol. The van der Waals surface area contributed by atoms with E-state index in [4.69, 9.17) is 4.74 Å². The van der Waals surface area contributed by atoms with Gasteiger partial charge in [-0.25, -0.2) is 9.97 Å². The van der Waals surface area contributed by atoms with Crippen LogP contribution in [0.3, 0.4) is 0 Å². The van der Waals surface area contributed by atoms with Gasteiger partial charge in [-0.1, -0.05) is 0 Å². The SMILES string of the molecule is C[C@H]1Oc2ccc(Nc3ncnc4sccc34)cc2NC1=O. The summed E-state index contributed by atoms with van der Waals surface area (Å²) < 4.78 is 5.54. The van der Waals surface area contributed by atoms with Gasteiger partial charge in [-0.15, -0.1) is 11.3 Å². The highest BCUT2D eigenvalue weighted by Gasteiger charge is 2.23. The molecule has 2 N–H and O–H groups in total. The summed E-state index contributed by atoms with van der Waals surface area (Å²) in [4.78, 5) is 21.1. The molecule has 0 unspecified atom stereocenters. The number of hydrogen-bond acceptors (Lipinski definition) is 6. The zero-order valence-corrected chi connectivity index (χ0v) is 12.5. The number of nitrogens with zero attached hydrogens (tertiary/aromatic N) is 2. The molecule has 1 aromatic carbocycles. The lowest BCUT2D eigenvalue weighted by Crippen LogP contribution is -2.34. The number of ether oxygens (including phenoxy) is 1. The van der Waals surface area contributed by atoms with Gasteiger partial charge in [0.25, 0.3) is 5.91 Å². The number of aromatic nitrogens is 2. The average Bonchev–Trinajstić information content (AvgIpc) is 2.98. The highest BCUT2D eigenvalue weighted by atomic mass is 32.1. The quantitative estimate of drug-likeness (QED) is 0.760. The molecule has 0 saturated heterocycles. The van der Waals surface area contributed by atoms with Gasteiger partial charge >= 0.3 is 0 Å². The van der Waals surface area contributed by atoms with Crippen LogP contribution in [0.2, 0.25) is 0 Å². The number of rotatable bonds is 2. The molecule has 0 fully saturated rings. The van der Waals surface area contributed by atoms with Crippen LogP contribution < -0.4 is 15.4 Å². The molecular formula is C15H12N4O2S. The van der Waals surface area contributed by atoms with E-state index in [-0.39, 0.29) is 5.91 Å². The predicted molar refractivity (Wildman–Crippen MR) is 85.9 cm³/mol. The Hall–Kier alpha value is -2.67. The van der Waals surface area contributed by atoms with Crippen molar-refractivity contribution in [3.8, 4) is 5.75 Å². The van der Waals surface area contributed by atoms with Gasteiger partial charge in [-0.05, 0) is 36.6 Å². The normalized spacial score (nSPS) is 16.8. The molecule has 0 spiro atoms. The van der Waals surface area contributed by atoms with Crippen molar-refractivity contribution in [1.82, 2.24) is 9.97 Å². The van der Waals surface area contributed by atoms with Crippen molar-refractivity contribution < 1.29 is 9.53 Å². The number of carbonyl (C=O) groups excluding carboxylic acids is 1. The summed E-state index contributed by atoms with van der Waals surface area (Å²) in [6, 6.07) is 7.54. The van der Waals surface area contributed by atoms with Crippen molar-refractivity contribution >= 4 is 44.7 Å². The molecule has 3 heterocycles. The topological polar surface area (TPSA) is 76.1 Å². The third kappa shape index (κ3) is 2.15. The Morgan fingerprint density at radius 2 is 2.23 bits per heavy atom. The van der Waals surface area contributed by atoms with Crippen molar-refractivity contribution in [2.75, 3.05) is 10.6 Å². The molecule has 7 heteroatoms. The molecule has 110 valence electrons. The molecule has 0 saturated carbocycles. The molecule has 6 nitrogen and oxygen atoms in total. The third-order valence-corrected chi connectivity index (χ3v) is 4.26. The molecule has 1 aliphatic rings. The largest absolute Gasteiger partial charge is 0.479 e. The Morgan fingerprint density at radius 1 is 1.32 bits per heavy atom. The first-order chi connectivity index (χ1) is 10.7. The minimum Gasteiger partial charge on any atom is -0.479 e. The van der Waals surface area contributed by atoms with Crippen LogP contribution >= 0.6 is 11.3 Å². The van der Waals surface area contributed by atoms with Crippen LogP contribution in [-0.2, 0) is 4.79 Å². The lowest BCUT2D eigenvalue weighted by Gasteiger charge is -2.23. The van der Waals surface area contributed by atoms with Gasteiger partial charge < -0.3 is 15.4 Å². The van der Waals surface area contributed by atoms with Gasteiger partial charge in [-0.3, -0.25) is 4.79 Å². The Bertz CT molecular complexity index is 877. The van der Waals surface area contributed by atoms with E-state index in [1.807, 2.05) is 29.6 Å². The summed E-state index contributed by atoms with van der Waals surface area (Å²) in [6.45, 7) is 1.72. The molecule has 22 heavy (non-hydrogen) atoms. The Labute approximate surface area is 130 Å². The first-order valence-corrected chi connectivity index (χ1v) is 7.65. The van der Waals surface area contributed by atoms with Crippen LogP contribution in [0, 0.1) is 0 Å². The van der Waals surface area contributed by atoms with Gasteiger partial charge in [0.2, 0.25) is 0 Å². The number of anilines is 3. The van der Waals surface area contributed by atoms with Gasteiger partial charge in [0.05, 0.1) is 11.1 Å². The number of amides is 1. The predicted octanol–water partition coefficient (Wildman–Crippen LogP) is 3.15. The van der Waals surface area contributed by atoms with Crippen molar-refractivity contribution in [3.63, 3.8) is 0 Å². The number of nitrogens with one attached hydrogen (secondary N) is 2. The van der Waals surface area contributed by atoms with Crippen molar-refractivity contribution in [2.45, 2.75) is 13.0 Å². The molecule has 1 amide bonds. The van der Waals surface area contributed by atoms with Crippen LogP contribution in [0.15, 0.2) is 36.0 Å². The first-order valence-electron chi connectivity index (χ1n) is 6.77. The van der Waals surface area contributed by atoms with Crippen LogP contribution in [0.1, 0.15) is 6.92 Å². The number of fused-ring (bicyclic) bond motifs is 2. The van der Waals surface area contributed by atoms with Crippen LogP contribution in [0.4, 0.5) is 17.2 Å². The highest BCUT2D eigenvalue weighted by molar-refractivity contribution is 7.16. The zero-order chi connectivity index (χ0) is 15.1. The monoisotopic (exact) mass is 312 g/mol. The van der Waals surface area contributed by atoms with E-state index >= 15 is 0 Å². The molecule has 0 radical (unpaired) electrons. The van der Waals surface area contributed by atoms with Crippen molar-refractivity contribution in [2.24, 2.45) is 0 Å². The van der Waals surface area contributed by atoms with E-state index < -0.39 is 6.10 Å². The molecule has 2 aromatic heterocycles. The minimum atomic E-state index is -0.474. The number of benzene rings is 1. The summed E-state index contributed by atoms with van der Waals surface area (Å²) in [5.41, 5.74) is 1.48. The summed E-state index contributed by atoms with van der Waals surface area (Å²) in [7, 11) is 0. The lowest BCUT2D eigenvalue weighted by atomic mass is 10.2. The van der Waals surface area contributed by atoms with E-state index in [2.05, 4.69) is 20.6 Å². The molecule has 1 atom stereocenters. The van der Waals surface area contributed by atoms with E-state index in [9.17, 15) is 4.79 Å². The maximum Gasteiger partial charge on any atom is 0.265 e. The summed E-state index contributed by atoms with van der Waals surface area (Å²) in [5, 5.41) is 9.04. The van der Waals surface area contributed by atoms with Gasteiger partial charge in [0.1, 0.15) is 22.7 Å². The van der Waals surface area contributed by atoms with Gasteiger partial charge in [0, 0.05) is 5.69 Å². The number of carbonyl (C=O) groups is 1. The van der Waals surface area contributed by atoms with Gasteiger partial charge in [0.15, 0.2) is 6.10 Å². The highest BCUT2D eigenvalue weighted by Crippen LogP contribution is 2.34. The number of thiophene rings is 1. The molecule has 1 aliphatic heterocycles. The van der Waals surface area contributed by atoms with E-state index in [1.54, 1.807) is 18.3 Å². The summed E-state index contributed by atoms with van der Waals surface area (Å²) in [6.07, 6.45) is 1.06. The van der Waals surface area contributed by atoms with Crippen molar-refractivity contribution in [1.29, 1.82) is 0 Å². The minimum absolute atomic E-state index is 0.146. The van der Waals surface area contributed by atoms with Crippen LogP contribution in [-0.4, -0.2) is 22.0 Å². The summed E-state index contributed by atoms with van der Waals surface area (Å²) >= 11 is 1.57. The first kappa shape index (κ1) is 13.0. The fraction of sp³-hybridized carbons (Fsp3) is 0.133. The van der Waals surface area contributed by atoms with Crippen LogP contribution in [0.25, 0.3) is 10.2 Å². The maximum absolute atomic E-state index is 11.7. The van der Waals surface area contributed by atoms with Crippen molar-refractivity contribution in [3.05, 3.63) is 36.0 Å². The Balaban J connectivity index is 1.68. The van der Waals surface area contributed by atoms with E-state index in [0.717, 1.165) is 21.7 Å². The van der Waals surface area contributed by atoms with Gasteiger partial charge in [-0.2, -0.15) is 0 Å².